The Kier molecular flexibility index (Phi) is 2.10. The molecule has 2 rings (SSSR count). The molecule has 1 atom stereocenters. The van der Waals surface area contributed by atoms with Crippen LogP contribution in [0.2, 0.25) is 0 Å². The van der Waals surface area contributed by atoms with E-state index in [1.54, 1.807) is 0 Å². The van der Waals surface area contributed by atoms with Gasteiger partial charge in [-0.2, -0.15) is 0 Å². The van der Waals surface area contributed by atoms with E-state index in [1.807, 2.05) is 0 Å². The van der Waals surface area contributed by atoms with Crippen LogP contribution < -0.4 is 5.73 Å². The third kappa shape index (κ3) is 1.00. The third-order valence-electron chi connectivity index (χ3n) is 3.23. The number of nitrogens with two attached hydrogens (primary N) is 1. The lowest BCUT2D eigenvalue weighted by molar-refractivity contribution is -0.129. The second kappa shape index (κ2) is 2.98. The Bertz CT molecular complexity index is 166. The van der Waals surface area contributed by atoms with Crippen molar-refractivity contribution in [2.75, 3.05) is 26.3 Å². The molecule has 0 radical (unpaired) electrons. The van der Waals surface area contributed by atoms with E-state index in [2.05, 4.69) is 11.8 Å². The molecule has 3 nitrogen and oxygen atoms in total. The molecule has 0 aromatic carbocycles. The molecular formula is C9H18N2O. The summed E-state index contributed by atoms with van der Waals surface area (Å²) in [5.74, 6) is 0. The summed E-state index contributed by atoms with van der Waals surface area (Å²) >= 11 is 0. The average Bonchev–Trinajstić information content (AvgIpc) is 2.27. The molecule has 1 unspecified atom stereocenters. The lowest BCUT2D eigenvalue weighted by atomic mass is 9.89. The van der Waals surface area contributed by atoms with Gasteiger partial charge in [0, 0.05) is 12.6 Å². The van der Waals surface area contributed by atoms with Crippen LogP contribution in [-0.4, -0.2) is 42.8 Å². The molecule has 12 heavy (non-hydrogen) atoms. The predicted molar refractivity (Wildman–Crippen MR) is 48.0 cm³/mol. The Morgan fingerprint density at radius 3 is 2.83 bits per heavy atom. The quantitative estimate of drug-likeness (QED) is 0.643. The molecule has 2 N–H and O–H groups in total. The van der Waals surface area contributed by atoms with Crippen molar-refractivity contribution in [3.63, 3.8) is 0 Å². The van der Waals surface area contributed by atoms with Crippen LogP contribution in [0.3, 0.4) is 0 Å². The van der Waals surface area contributed by atoms with Crippen LogP contribution in [0.4, 0.5) is 0 Å². The van der Waals surface area contributed by atoms with Crippen LogP contribution in [0, 0.1) is 0 Å². The van der Waals surface area contributed by atoms with Crippen LogP contribution in [0.25, 0.3) is 0 Å². The molecule has 70 valence electrons. The Labute approximate surface area is 73.9 Å². The minimum atomic E-state index is 0.232. The third-order valence-corrected chi connectivity index (χ3v) is 3.23. The zero-order valence-corrected chi connectivity index (χ0v) is 7.75. The van der Waals surface area contributed by atoms with Crippen molar-refractivity contribution in [2.45, 2.75) is 31.3 Å². The van der Waals surface area contributed by atoms with Crippen molar-refractivity contribution >= 4 is 0 Å². The average molecular weight is 170 g/mol. The first-order chi connectivity index (χ1) is 5.79. The highest BCUT2D eigenvalue weighted by molar-refractivity contribution is 5.08. The van der Waals surface area contributed by atoms with Gasteiger partial charge in [-0.15, -0.1) is 0 Å². The van der Waals surface area contributed by atoms with Crippen molar-refractivity contribution in [3.8, 4) is 0 Å². The van der Waals surface area contributed by atoms with Crippen LogP contribution in [0.1, 0.15) is 19.8 Å². The molecule has 0 aromatic heterocycles. The number of nitrogens with zero attached hydrogens (tertiary/aromatic N) is 1. The van der Waals surface area contributed by atoms with Gasteiger partial charge in [-0.1, -0.05) is 6.92 Å². The maximum atomic E-state index is 6.07. The fourth-order valence-electron chi connectivity index (χ4n) is 2.33. The number of hydrogen-bond acceptors (Lipinski definition) is 3. The standard InChI is InChI=1S/C9H18N2O/c1-2-4-11-5-3-8(10)9(11)6-12-7-9/h8H,2-7,10H2,1H3. The fraction of sp³-hybridized carbons (Fsp3) is 1.00. The summed E-state index contributed by atoms with van der Waals surface area (Å²) in [6.45, 7) is 6.27. The number of ether oxygens (including phenoxy) is 1. The summed E-state index contributed by atoms with van der Waals surface area (Å²) in [4.78, 5) is 2.52. The maximum Gasteiger partial charge on any atom is 0.0831 e. The van der Waals surface area contributed by atoms with E-state index in [1.165, 1.54) is 19.5 Å². The van der Waals surface area contributed by atoms with E-state index in [9.17, 15) is 0 Å². The van der Waals surface area contributed by atoms with E-state index < -0.39 is 0 Å². The molecule has 0 bridgehead atoms. The highest BCUT2D eigenvalue weighted by Gasteiger charge is 2.52. The molecule has 2 fully saturated rings. The Morgan fingerprint density at radius 1 is 1.58 bits per heavy atom. The smallest absolute Gasteiger partial charge is 0.0831 e. The molecule has 2 aliphatic rings. The molecule has 2 heterocycles. The van der Waals surface area contributed by atoms with Gasteiger partial charge in [0.05, 0.1) is 18.8 Å². The second-order valence-corrected chi connectivity index (χ2v) is 3.98. The SMILES string of the molecule is CCCN1CCC(N)C12COC2. The first kappa shape index (κ1) is 8.48. The van der Waals surface area contributed by atoms with Gasteiger partial charge in [0.25, 0.3) is 0 Å². The molecule has 3 heteroatoms. The van der Waals surface area contributed by atoms with Gasteiger partial charge in [-0.25, -0.2) is 0 Å². The number of likely N-dealkylation sites (tertiary alicyclic amines) is 1. The van der Waals surface area contributed by atoms with Crippen molar-refractivity contribution in [1.29, 1.82) is 0 Å². The lowest BCUT2D eigenvalue weighted by Gasteiger charge is -2.47. The van der Waals surface area contributed by atoms with E-state index in [0.717, 1.165) is 19.6 Å². The molecule has 0 aliphatic carbocycles. The molecule has 0 saturated carbocycles. The van der Waals surface area contributed by atoms with Gasteiger partial charge in [-0.3, -0.25) is 4.90 Å². The second-order valence-electron chi connectivity index (χ2n) is 3.98. The molecule has 2 saturated heterocycles. The van der Waals surface area contributed by atoms with E-state index in [4.69, 9.17) is 10.5 Å². The first-order valence-corrected chi connectivity index (χ1v) is 4.88. The zero-order chi connectivity index (χ0) is 8.60. The van der Waals surface area contributed by atoms with Gasteiger partial charge < -0.3 is 10.5 Å². The van der Waals surface area contributed by atoms with Gasteiger partial charge >= 0.3 is 0 Å². The van der Waals surface area contributed by atoms with Crippen molar-refractivity contribution in [2.24, 2.45) is 5.73 Å². The summed E-state index contributed by atoms with van der Waals surface area (Å²) < 4.78 is 5.29. The molecule has 0 amide bonds. The fourth-order valence-corrected chi connectivity index (χ4v) is 2.33. The van der Waals surface area contributed by atoms with Crippen molar-refractivity contribution in [3.05, 3.63) is 0 Å². The monoisotopic (exact) mass is 170 g/mol. The highest BCUT2D eigenvalue weighted by Crippen LogP contribution is 2.34. The molecule has 0 aromatic rings. The van der Waals surface area contributed by atoms with Gasteiger partial charge in [0.1, 0.15) is 0 Å². The summed E-state index contributed by atoms with van der Waals surface area (Å²) in [6, 6.07) is 0.345. The van der Waals surface area contributed by atoms with Crippen LogP contribution in [0.15, 0.2) is 0 Å². The predicted octanol–water partition coefficient (Wildman–Crippen LogP) is 0.198. The number of rotatable bonds is 2. The maximum absolute atomic E-state index is 6.07. The van der Waals surface area contributed by atoms with Crippen LogP contribution in [-0.2, 0) is 4.74 Å². The number of hydrogen-bond donors (Lipinski definition) is 1. The van der Waals surface area contributed by atoms with Crippen LogP contribution in [0.5, 0.6) is 0 Å². The Morgan fingerprint density at radius 2 is 2.33 bits per heavy atom. The van der Waals surface area contributed by atoms with E-state index >= 15 is 0 Å². The van der Waals surface area contributed by atoms with Crippen molar-refractivity contribution < 1.29 is 4.74 Å². The minimum Gasteiger partial charge on any atom is -0.377 e. The first-order valence-electron chi connectivity index (χ1n) is 4.88. The van der Waals surface area contributed by atoms with Gasteiger partial charge in [0.2, 0.25) is 0 Å². The molecule has 1 spiro atoms. The van der Waals surface area contributed by atoms with E-state index in [0.29, 0.717) is 6.04 Å². The van der Waals surface area contributed by atoms with E-state index in [-0.39, 0.29) is 5.54 Å². The normalized spacial score (nSPS) is 34.0. The summed E-state index contributed by atoms with van der Waals surface area (Å²) in [5, 5.41) is 0. The van der Waals surface area contributed by atoms with Crippen LogP contribution >= 0.6 is 0 Å². The topological polar surface area (TPSA) is 38.5 Å². The van der Waals surface area contributed by atoms with Gasteiger partial charge in [-0.05, 0) is 19.4 Å². The largest absolute Gasteiger partial charge is 0.377 e. The minimum absolute atomic E-state index is 0.232. The summed E-state index contributed by atoms with van der Waals surface area (Å²) in [7, 11) is 0. The summed E-state index contributed by atoms with van der Waals surface area (Å²) in [6.07, 6.45) is 2.36. The Balaban J connectivity index is 2.04. The summed E-state index contributed by atoms with van der Waals surface area (Å²) in [5.41, 5.74) is 6.31. The Hall–Kier alpha value is -0.120. The van der Waals surface area contributed by atoms with Crippen molar-refractivity contribution in [1.82, 2.24) is 4.90 Å². The molecular weight excluding hydrogens is 152 g/mol. The van der Waals surface area contributed by atoms with Gasteiger partial charge in [0.15, 0.2) is 0 Å². The molecule has 2 aliphatic heterocycles. The zero-order valence-electron chi connectivity index (χ0n) is 7.75. The lowest BCUT2D eigenvalue weighted by Crippen LogP contribution is -2.66. The highest BCUT2D eigenvalue weighted by atomic mass is 16.5.